The lowest BCUT2D eigenvalue weighted by Crippen LogP contribution is -2.43. The normalized spacial score (nSPS) is 29.7. The van der Waals surface area contributed by atoms with E-state index in [-0.39, 0.29) is 23.0 Å². The summed E-state index contributed by atoms with van der Waals surface area (Å²) >= 11 is 0. The zero-order valence-corrected chi connectivity index (χ0v) is 19.0. The van der Waals surface area contributed by atoms with Gasteiger partial charge in [0.2, 0.25) is 0 Å². The van der Waals surface area contributed by atoms with Gasteiger partial charge in [-0.15, -0.1) is 0 Å². The average molecular weight is 468 g/mol. The zero-order chi connectivity index (χ0) is 23.4. The Hall–Kier alpha value is -3.39. The summed E-state index contributed by atoms with van der Waals surface area (Å²) in [6, 6.07) is 6.10. The Bertz CT molecular complexity index is 1390. The Morgan fingerprint density at radius 1 is 1.36 bits per heavy atom. The van der Waals surface area contributed by atoms with E-state index < -0.39 is 31.9 Å². The Kier molecular flexibility index (Phi) is 4.75. The van der Waals surface area contributed by atoms with Gasteiger partial charge in [0.25, 0.3) is 5.91 Å². The fraction of sp³-hybridized carbons (Fsp3) is 0.409. The van der Waals surface area contributed by atoms with E-state index >= 15 is 0 Å². The minimum absolute atomic E-state index is 0.00165. The topological polar surface area (TPSA) is 142 Å². The molecule has 2 aromatic rings. The quantitative estimate of drug-likeness (QED) is 0.665. The van der Waals surface area contributed by atoms with Crippen LogP contribution in [0.15, 0.2) is 33.8 Å². The van der Waals surface area contributed by atoms with Crippen LogP contribution in [0.4, 0.5) is 10.2 Å². The van der Waals surface area contributed by atoms with Gasteiger partial charge in [0, 0.05) is 12.7 Å². The van der Waals surface area contributed by atoms with Crippen LogP contribution in [0.2, 0.25) is 0 Å². The number of carbonyl (C=O) groups excluding carboxylic acids is 1. The van der Waals surface area contributed by atoms with E-state index in [4.69, 9.17) is 10.3 Å². The number of nitrogens with zero attached hydrogens (tertiary/aromatic N) is 5. The van der Waals surface area contributed by atoms with Gasteiger partial charge in [-0.25, -0.2) is 22.9 Å². The first-order valence-electron chi connectivity index (χ1n) is 10.6. The number of hydrogen-bond donors (Lipinski definition) is 2. The molecule has 5 heterocycles. The highest BCUT2D eigenvalue weighted by Gasteiger charge is 2.64. The fourth-order valence-corrected chi connectivity index (χ4v) is 7.56. The number of aliphatic imine (C=N–C) groups is 1. The molecule has 2 aromatic heterocycles. The summed E-state index contributed by atoms with van der Waals surface area (Å²) < 4.78 is 33.3. The number of nitriles is 1. The molecule has 1 amide bonds. The van der Waals surface area contributed by atoms with Gasteiger partial charge in [0.1, 0.15) is 40.5 Å². The van der Waals surface area contributed by atoms with E-state index in [1.165, 1.54) is 18.3 Å². The summed E-state index contributed by atoms with van der Waals surface area (Å²) in [5, 5.41) is 14.8. The van der Waals surface area contributed by atoms with Crippen molar-refractivity contribution in [1.82, 2.24) is 15.3 Å². The largest absolute Gasteiger partial charge is 0.347 e. The predicted molar refractivity (Wildman–Crippen MR) is 121 cm³/mol. The fourth-order valence-electron chi connectivity index (χ4n) is 4.55. The van der Waals surface area contributed by atoms with Crippen LogP contribution in [0.1, 0.15) is 53.5 Å². The Labute approximate surface area is 190 Å². The van der Waals surface area contributed by atoms with Crippen molar-refractivity contribution in [3.05, 3.63) is 52.7 Å². The summed E-state index contributed by atoms with van der Waals surface area (Å²) in [6.07, 6.45) is 3.78. The van der Waals surface area contributed by atoms with Crippen LogP contribution in [0.25, 0.3) is 0 Å². The highest BCUT2D eigenvalue weighted by molar-refractivity contribution is 7.96. The van der Waals surface area contributed by atoms with Crippen LogP contribution in [0.5, 0.6) is 0 Å². The molecule has 3 aliphatic rings. The van der Waals surface area contributed by atoms with Crippen molar-refractivity contribution in [1.29, 1.82) is 5.26 Å². The number of aromatic nitrogens is 2. The molecule has 170 valence electrons. The minimum Gasteiger partial charge on any atom is -0.347 e. The number of halogens is 1. The maximum atomic E-state index is 14.9. The lowest BCUT2D eigenvalue weighted by atomic mass is 9.99. The third-order valence-electron chi connectivity index (χ3n) is 6.28. The van der Waals surface area contributed by atoms with Crippen LogP contribution in [0.3, 0.4) is 0 Å². The van der Waals surface area contributed by atoms with E-state index in [2.05, 4.69) is 25.0 Å². The van der Waals surface area contributed by atoms with Crippen molar-refractivity contribution in [3.8, 4) is 6.07 Å². The molecule has 1 saturated heterocycles. The second kappa shape index (κ2) is 7.31. The van der Waals surface area contributed by atoms with Crippen LogP contribution in [0, 0.1) is 24.1 Å². The molecule has 0 aromatic carbocycles. The van der Waals surface area contributed by atoms with Crippen LogP contribution < -0.4 is 10.6 Å². The SMILES string of the molecule is Cc1cc(C#N)cnc1C(=O)Nc1ccc(F)c(C2(C)CS3(=O)=NCCCCC34NC4=N2)n1. The molecular formula is C22H22FN7O2S. The number of anilines is 1. The number of amidine groups is 1. The first kappa shape index (κ1) is 21.5. The summed E-state index contributed by atoms with van der Waals surface area (Å²) in [5.41, 5.74) is -0.179. The molecule has 9 nitrogen and oxygen atoms in total. The number of pyridine rings is 2. The number of nitrogens with one attached hydrogen (secondary N) is 2. The van der Waals surface area contributed by atoms with Gasteiger partial charge >= 0.3 is 0 Å². The molecule has 1 spiro atoms. The van der Waals surface area contributed by atoms with E-state index in [0.717, 1.165) is 12.8 Å². The zero-order valence-electron chi connectivity index (χ0n) is 18.2. The number of hydrogen-bond acceptors (Lipinski definition) is 8. The average Bonchev–Trinajstić information content (AvgIpc) is 3.51. The lowest BCUT2D eigenvalue weighted by molar-refractivity contribution is 0.102. The monoisotopic (exact) mass is 467 g/mol. The maximum Gasteiger partial charge on any atom is 0.275 e. The first-order valence-corrected chi connectivity index (χ1v) is 12.3. The molecule has 3 atom stereocenters. The molecule has 0 saturated carbocycles. The smallest absolute Gasteiger partial charge is 0.275 e. The van der Waals surface area contributed by atoms with E-state index in [0.29, 0.717) is 29.9 Å². The standard InChI is InChI=1S/C22H22FN7O2S/c1-13-9-14(10-24)11-25-17(13)19(31)28-16-6-5-15(23)18(27-16)21(2)12-33(32)22(20(29-21)30-22)7-3-4-8-26-33/h5-6,9,11H,3-4,7-8,12H2,1-2H3,(H,29,30)(H,27,28,31). The molecule has 33 heavy (non-hydrogen) atoms. The van der Waals surface area contributed by atoms with E-state index in [9.17, 15) is 13.4 Å². The van der Waals surface area contributed by atoms with E-state index in [1.807, 2.05) is 6.07 Å². The van der Waals surface area contributed by atoms with Crippen molar-refractivity contribution < 1.29 is 13.4 Å². The summed E-state index contributed by atoms with van der Waals surface area (Å²) in [6.45, 7) is 3.88. The van der Waals surface area contributed by atoms with Gasteiger partial charge < -0.3 is 10.6 Å². The van der Waals surface area contributed by atoms with Gasteiger partial charge in [-0.3, -0.25) is 9.79 Å². The van der Waals surface area contributed by atoms with Crippen LogP contribution in [-0.2, 0) is 15.3 Å². The molecule has 5 rings (SSSR count). The Balaban J connectivity index is 1.48. The highest BCUT2D eigenvalue weighted by atomic mass is 32.2. The summed E-state index contributed by atoms with van der Waals surface area (Å²) in [7, 11) is -2.71. The van der Waals surface area contributed by atoms with Crippen molar-refractivity contribution in [2.45, 2.75) is 43.5 Å². The second-order valence-electron chi connectivity index (χ2n) is 8.76. The molecule has 3 aliphatic heterocycles. The number of carbonyl (C=O) groups is 1. The van der Waals surface area contributed by atoms with Crippen molar-refractivity contribution >= 4 is 27.3 Å². The predicted octanol–water partition coefficient (Wildman–Crippen LogP) is 2.63. The molecule has 2 N–H and O–H groups in total. The molecule has 0 radical (unpaired) electrons. The minimum atomic E-state index is -2.71. The van der Waals surface area contributed by atoms with Gasteiger partial charge in [0.15, 0.2) is 4.87 Å². The summed E-state index contributed by atoms with van der Waals surface area (Å²) in [4.78, 5) is 25.1. The summed E-state index contributed by atoms with van der Waals surface area (Å²) in [5.74, 6) is -0.364. The first-order chi connectivity index (χ1) is 15.7. The van der Waals surface area contributed by atoms with Crippen molar-refractivity contribution in [3.63, 3.8) is 0 Å². The highest BCUT2D eigenvalue weighted by Crippen LogP contribution is 2.47. The Morgan fingerprint density at radius 3 is 2.94 bits per heavy atom. The third-order valence-corrected chi connectivity index (χ3v) is 9.42. The van der Waals surface area contributed by atoms with Gasteiger partial charge in [-0.05, 0) is 56.9 Å². The van der Waals surface area contributed by atoms with Crippen molar-refractivity contribution in [2.24, 2.45) is 9.36 Å². The van der Waals surface area contributed by atoms with Gasteiger partial charge in [-0.2, -0.15) is 5.26 Å². The van der Waals surface area contributed by atoms with E-state index in [1.54, 1.807) is 19.9 Å². The Morgan fingerprint density at radius 2 is 2.18 bits per heavy atom. The number of aryl methyl sites for hydroxylation is 1. The van der Waals surface area contributed by atoms with Crippen molar-refractivity contribution in [2.75, 3.05) is 17.6 Å². The molecule has 11 heteroatoms. The van der Waals surface area contributed by atoms with Gasteiger partial charge in [-0.1, -0.05) is 0 Å². The lowest BCUT2D eigenvalue weighted by Gasteiger charge is -2.31. The number of amides is 1. The van der Waals surface area contributed by atoms with Gasteiger partial charge in [0.05, 0.1) is 21.0 Å². The maximum absolute atomic E-state index is 14.9. The second-order valence-corrected chi connectivity index (χ2v) is 11.3. The molecular weight excluding hydrogens is 445 g/mol. The van der Waals surface area contributed by atoms with Crippen LogP contribution >= 0.6 is 0 Å². The number of rotatable bonds is 3. The molecule has 3 unspecified atom stereocenters. The molecule has 0 aliphatic carbocycles. The van der Waals surface area contributed by atoms with Crippen LogP contribution in [-0.4, -0.2) is 43.1 Å². The molecule has 1 fully saturated rings. The third kappa shape index (κ3) is 3.36. The molecule has 0 bridgehead atoms.